The van der Waals surface area contributed by atoms with Crippen LogP contribution in [0.4, 0.5) is 10.8 Å². The molecule has 34 heavy (non-hydrogen) atoms. The molecule has 2 N–H and O–H groups in total. The molecular formula is C25H27Cl2N3O2S2. The molecule has 0 saturated heterocycles. The quantitative estimate of drug-likeness (QED) is 0.286. The van der Waals surface area contributed by atoms with Crippen LogP contribution < -0.4 is 10.6 Å². The van der Waals surface area contributed by atoms with Crippen LogP contribution >= 0.6 is 46.3 Å². The van der Waals surface area contributed by atoms with Crippen molar-refractivity contribution >= 4 is 68.9 Å². The van der Waals surface area contributed by atoms with Crippen LogP contribution in [0, 0.1) is 5.41 Å². The summed E-state index contributed by atoms with van der Waals surface area (Å²) in [5.41, 5.74) is 2.08. The third-order valence-electron chi connectivity index (χ3n) is 4.69. The summed E-state index contributed by atoms with van der Waals surface area (Å²) in [5, 5.41) is 8.97. The molecule has 1 heterocycles. The number of carbonyl (C=O) groups excluding carboxylic acids is 2. The first-order chi connectivity index (χ1) is 16.0. The molecule has 0 aliphatic rings. The maximum absolute atomic E-state index is 12.9. The largest absolute Gasteiger partial charge is 0.326 e. The molecule has 0 fully saturated rings. The van der Waals surface area contributed by atoms with Gasteiger partial charge in [0.1, 0.15) is 0 Å². The number of halogens is 2. The molecule has 0 bridgehead atoms. The van der Waals surface area contributed by atoms with Crippen LogP contribution in [0.2, 0.25) is 10.0 Å². The van der Waals surface area contributed by atoms with Gasteiger partial charge in [0, 0.05) is 33.0 Å². The number of carbonyl (C=O) groups is 2. The molecule has 180 valence electrons. The van der Waals surface area contributed by atoms with E-state index in [-0.39, 0.29) is 22.5 Å². The van der Waals surface area contributed by atoms with Crippen molar-refractivity contribution in [3.8, 4) is 11.3 Å². The van der Waals surface area contributed by atoms with E-state index in [1.807, 2.05) is 63.4 Å². The summed E-state index contributed by atoms with van der Waals surface area (Å²) < 4.78 is 0. The van der Waals surface area contributed by atoms with Gasteiger partial charge in [-0.3, -0.25) is 9.59 Å². The Labute approximate surface area is 218 Å². The summed E-state index contributed by atoms with van der Waals surface area (Å²) >= 11 is 15.1. The lowest BCUT2D eigenvalue weighted by Crippen LogP contribution is -2.24. The zero-order valence-corrected chi connectivity index (χ0v) is 22.6. The number of nitrogens with one attached hydrogen (secondary N) is 2. The van der Waals surface area contributed by atoms with Gasteiger partial charge in [-0.1, -0.05) is 57.0 Å². The molecule has 0 saturated carbocycles. The molecule has 1 aromatic heterocycles. The second-order valence-corrected chi connectivity index (χ2v) is 12.0. The summed E-state index contributed by atoms with van der Waals surface area (Å²) in [4.78, 5) is 30.6. The van der Waals surface area contributed by atoms with Gasteiger partial charge in [0.25, 0.3) is 0 Å². The smallest absolute Gasteiger partial charge is 0.239 e. The molecule has 3 rings (SSSR count). The molecule has 9 heteroatoms. The van der Waals surface area contributed by atoms with Gasteiger partial charge >= 0.3 is 0 Å². The van der Waals surface area contributed by atoms with Crippen molar-refractivity contribution in [2.45, 2.75) is 50.7 Å². The second kappa shape index (κ2) is 11.6. The van der Waals surface area contributed by atoms with Crippen molar-refractivity contribution in [1.29, 1.82) is 0 Å². The van der Waals surface area contributed by atoms with Crippen LogP contribution in [0.3, 0.4) is 0 Å². The van der Waals surface area contributed by atoms with E-state index in [4.69, 9.17) is 23.2 Å². The minimum Gasteiger partial charge on any atom is -0.326 e. The van der Waals surface area contributed by atoms with Crippen LogP contribution in [-0.2, 0) is 9.59 Å². The molecule has 0 aliphatic carbocycles. The SMILES string of the molecule is CCC(Sc1cccc(NC(=O)CC(C)(C)C)c1)C(=O)Nc1nc(-c2ccc(Cl)cc2Cl)cs1. The maximum Gasteiger partial charge on any atom is 0.239 e. The highest BCUT2D eigenvalue weighted by Crippen LogP contribution is 2.33. The lowest BCUT2D eigenvalue weighted by Gasteiger charge is -2.18. The van der Waals surface area contributed by atoms with Crippen molar-refractivity contribution < 1.29 is 9.59 Å². The average Bonchev–Trinajstić information content (AvgIpc) is 3.18. The highest BCUT2D eigenvalue weighted by Gasteiger charge is 2.21. The van der Waals surface area contributed by atoms with Crippen molar-refractivity contribution in [3.63, 3.8) is 0 Å². The minimum atomic E-state index is -0.313. The number of amides is 2. The maximum atomic E-state index is 12.9. The standard InChI is InChI=1S/C25H27Cl2N3O2S2/c1-5-21(34-17-8-6-7-16(12-17)28-22(31)13-25(2,3)4)23(32)30-24-29-20(14-33-24)18-10-9-15(26)11-19(18)27/h6-12,14,21H,5,13H2,1-4H3,(H,28,31)(H,29,30,32). The number of hydrogen-bond donors (Lipinski definition) is 2. The summed E-state index contributed by atoms with van der Waals surface area (Å²) in [6.45, 7) is 8.04. The van der Waals surface area contributed by atoms with E-state index in [1.54, 1.807) is 12.1 Å². The average molecular weight is 537 g/mol. The Morgan fingerprint density at radius 3 is 2.56 bits per heavy atom. The number of thioether (sulfide) groups is 1. The molecule has 0 spiro atoms. The summed E-state index contributed by atoms with van der Waals surface area (Å²) in [5.74, 6) is -0.155. The third kappa shape index (κ3) is 7.73. The molecule has 3 aromatic rings. The molecule has 1 unspecified atom stereocenters. The van der Waals surface area contributed by atoms with E-state index >= 15 is 0 Å². The van der Waals surface area contributed by atoms with E-state index in [1.165, 1.54) is 23.1 Å². The highest BCUT2D eigenvalue weighted by atomic mass is 35.5. The molecule has 1 atom stereocenters. The van der Waals surface area contributed by atoms with Crippen LogP contribution in [0.25, 0.3) is 11.3 Å². The normalized spacial score (nSPS) is 12.3. The van der Waals surface area contributed by atoms with Crippen LogP contribution in [-0.4, -0.2) is 22.0 Å². The Kier molecular flexibility index (Phi) is 9.04. The van der Waals surface area contributed by atoms with E-state index in [2.05, 4.69) is 15.6 Å². The fraction of sp³-hybridized carbons (Fsp3) is 0.320. The van der Waals surface area contributed by atoms with Crippen LogP contribution in [0.1, 0.15) is 40.5 Å². The van der Waals surface area contributed by atoms with Crippen molar-refractivity contribution in [3.05, 3.63) is 57.9 Å². The summed E-state index contributed by atoms with van der Waals surface area (Å²) in [6, 6.07) is 12.8. The van der Waals surface area contributed by atoms with Crippen LogP contribution in [0.15, 0.2) is 52.7 Å². The van der Waals surface area contributed by atoms with E-state index in [0.717, 1.165) is 16.1 Å². The molecule has 2 aromatic carbocycles. The van der Waals surface area contributed by atoms with Gasteiger partial charge in [0.05, 0.1) is 16.0 Å². The van der Waals surface area contributed by atoms with Crippen LogP contribution in [0.5, 0.6) is 0 Å². The van der Waals surface area contributed by atoms with Crippen molar-refractivity contribution in [2.75, 3.05) is 10.6 Å². The first-order valence-corrected chi connectivity index (χ1v) is 13.3. The lowest BCUT2D eigenvalue weighted by atomic mass is 9.92. The summed E-state index contributed by atoms with van der Waals surface area (Å²) in [7, 11) is 0. The number of nitrogens with zero attached hydrogens (tertiary/aromatic N) is 1. The predicted molar refractivity (Wildman–Crippen MR) is 145 cm³/mol. The lowest BCUT2D eigenvalue weighted by molar-refractivity contribution is -0.118. The fourth-order valence-corrected chi connectivity index (χ4v) is 5.39. The van der Waals surface area contributed by atoms with Gasteiger partial charge in [-0.15, -0.1) is 23.1 Å². The zero-order valence-electron chi connectivity index (χ0n) is 19.4. The van der Waals surface area contributed by atoms with Gasteiger partial charge in [-0.05, 0) is 48.2 Å². The molecular weight excluding hydrogens is 509 g/mol. The topological polar surface area (TPSA) is 71.1 Å². The van der Waals surface area contributed by atoms with E-state index in [0.29, 0.717) is 33.7 Å². The molecule has 0 radical (unpaired) electrons. The zero-order chi connectivity index (χ0) is 24.9. The van der Waals surface area contributed by atoms with Gasteiger partial charge in [0.15, 0.2) is 5.13 Å². The van der Waals surface area contributed by atoms with Crippen molar-refractivity contribution in [1.82, 2.24) is 4.98 Å². The number of aromatic nitrogens is 1. The van der Waals surface area contributed by atoms with Gasteiger partial charge < -0.3 is 10.6 Å². The first-order valence-electron chi connectivity index (χ1n) is 10.8. The minimum absolute atomic E-state index is 0.0280. The molecule has 2 amide bonds. The Balaban J connectivity index is 1.64. The van der Waals surface area contributed by atoms with Gasteiger partial charge in [0.2, 0.25) is 11.8 Å². The number of hydrogen-bond acceptors (Lipinski definition) is 5. The predicted octanol–water partition coefficient (Wildman–Crippen LogP) is 8.00. The Bertz CT molecular complexity index is 1170. The fourth-order valence-electron chi connectivity index (χ4n) is 3.16. The first kappa shape index (κ1) is 26.5. The number of thiazole rings is 1. The number of anilines is 2. The van der Waals surface area contributed by atoms with Gasteiger partial charge in [-0.2, -0.15) is 0 Å². The van der Waals surface area contributed by atoms with Crippen molar-refractivity contribution in [2.24, 2.45) is 5.41 Å². The Morgan fingerprint density at radius 2 is 1.88 bits per heavy atom. The molecule has 0 aliphatic heterocycles. The monoisotopic (exact) mass is 535 g/mol. The summed E-state index contributed by atoms with van der Waals surface area (Å²) in [6.07, 6.45) is 1.07. The second-order valence-electron chi connectivity index (χ2n) is 8.98. The third-order valence-corrected chi connectivity index (χ3v) is 7.36. The van der Waals surface area contributed by atoms with E-state index in [9.17, 15) is 9.59 Å². The van der Waals surface area contributed by atoms with E-state index < -0.39 is 0 Å². The number of rotatable bonds is 8. The molecule has 5 nitrogen and oxygen atoms in total. The Morgan fingerprint density at radius 1 is 1.12 bits per heavy atom. The Hall–Kier alpha value is -2.06. The number of benzene rings is 2. The van der Waals surface area contributed by atoms with Gasteiger partial charge in [-0.25, -0.2) is 4.98 Å². The highest BCUT2D eigenvalue weighted by molar-refractivity contribution is 8.00.